The zero-order chi connectivity index (χ0) is 15.9. The van der Waals surface area contributed by atoms with Crippen LogP contribution in [0.1, 0.15) is 20.3 Å². The standard InChI is InChI=1S/C15H24N4O3/c1-4-18(5-2)14-15(17-8-7-16-14)22-12-6-9-19(10-12)13(20)11-21-3/h7-8,12H,4-6,9-11H2,1-3H3. The van der Waals surface area contributed by atoms with E-state index in [1.165, 1.54) is 7.11 Å². The average Bonchev–Trinajstić information content (AvgIpc) is 2.99. The molecule has 1 fully saturated rings. The molecular formula is C15H24N4O3. The van der Waals surface area contributed by atoms with Crippen molar-refractivity contribution in [2.45, 2.75) is 26.4 Å². The summed E-state index contributed by atoms with van der Waals surface area (Å²) in [5, 5.41) is 0. The Hall–Kier alpha value is -1.89. The first kappa shape index (κ1) is 16.5. The van der Waals surface area contributed by atoms with Gasteiger partial charge in [0, 0.05) is 45.6 Å². The Bertz CT molecular complexity index is 493. The number of amides is 1. The Balaban J connectivity index is 2.02. The molecule has 1 aliphatic rings. The molecule has 1 amide bonds. The fourth-order valence-corrected chi connectivity index (χ4v) is 2.56. The van der Waals surface area contributed by atoms with Gasteiger partial charge in [-0.3, -0.25) is 4.79 Å². The quantitative estimate of drug-likeness (QED) is 0.747. The van der Waals surface area contributed by atoms with Crippen molar-refractivity contribution < 1.29 is 14.3 Å². The summed E-state index contributed by atoms with van der Waals surface area (Å²) in [5.41, 5.74) is 0. The van der Waals surface area contributed by atoms with Crippen LogP contribution in [0.25, 0.3) is 0 Å². The predicted octanol–water partition coefficient (Wildman–Crippen LogP) is 0.949. The molecule has 1 saturated heterocycles. The summed E-state index contributed by atoms with van der Waals surface area (Å²) in [7, 11) is 1.53. The molecule has 1 unspecified atom stereocenters. The number of nitrogens with zero attached hydrogens (tertiary/aromatic N) is 4. The van der Waals surface area contributed by atoms with Gasteiger partial charge in [-0.1, -0.05) is 0 Å². The van der Waals surface area contributed by atoms with Crippen molar-refractivity contribution in [2.24, 2.45) is 0 Å². The van der Waals surface area contributed by atoms with Crippen molar-refractivity contribution >= 4 is 11.7 Å². The Morgan fingerprint density at radius 2 is 2.09 bits per heavy atom. The van der Waals surface area contributed by atoms with Crippen LogP contribution in [0.4, 0.5) is 5.82 Å². The van der Waals surface area contributed by atoms with Gasteiger partial charge in [0.25, 0.3) is 5.88 Å². The highest BCUT2D eigenvalue weighted by molar-refractivity contribution is 5.77. The second-order valence-corrected chi connectivity index (χ2v) is 5.16. The molecule has 0 aliphatic carbocycles. The smallest absolute Gasteiger partial charge is 0.257 e. The van der Waals surface area contributed by atoms with Gasteiger partial charge in [-0.25, -0.2) is 9.97 Å². The van der Waals surface area contributed by atoms with Crippen LogP contribution in [-0.2, 0) is 9.53 Å². The lowest BCUT2D eigenvalue weighted by Crippen LogP contribution is -2.33. The fraction of sp³-hybridized carbons (Fsp3) is 0.667. The highest BCUT2D eigenvalue weighted by Crippen LogP contribution is 2.25. The Morgan fingerprint density at radius 1 is 1.36 bits per heavy atom. The molecule has 2 heterocycles. The van der Waals surface area contributed by atoms with E-state index in [0.29, 0.717) is 19.0 Å². The number of hydrogen-bond acceptors (Lipinski definition) is 6. The average molecular weight is 308 g/mol. The van der Waals surface area contributed by atoms with E-state index in [2.05, 4.69) is 28.7 Å². The van der Waals surface area contributed by atoms with E-state index in [0.717, 1.165) is 25.3 Å². The molecule has 0 saturated carbocycles. The summed E-state index contributed by atoms with van der Waals surface area (Å²) in [4.78, 5) is 24.4. The fourth-order valence-electron chi connectivity index (χ4n) is 2.56. The number of ether oxygens (including phenoxy) is 2. The summed E-state index contributed by atoms with van der Waals surface area (Å²) in [6.07, 6.45) is 4.05. The van der Waals surface area contributed by atoms with Crippen LogP contribution in [0.5, 0.6) is 5.88 Å². The third kappa shape index (κ3) is 3.85. The minimum absolute atomic E-state index is 0.00304. The van der Waals surface area contributed by atoms with Crippen LogP contribution in [-0.4, -0.2) is 66.8 Å². The summed E-state index contributed by atoms with van der Waals surface area (Å²) in [6, 6.07) is 0. The van der Waals surface area contributed by atoms with Gasteiger partial charge < -0.3 is 19.3 Å². The molecule has 2 rings (SSSR count). The maximum atomic E-state index is 11.8. The van der Waals surface area contributed by atoms with Crippen molar-refractivity contribution in [3.8, 4) is 5.88 Å². The summed E-state index contributed by atoms with van der Waals surface area (Å²) in [5.74, 6) is 1.29. The third-order valence-electron chi connectivity index (χ3n) is 3.75. The molecule has 1 aliphatic heterocycles. The molecular weight excluding hydrogens is 284 g/mol. The van der Waals surface area contributed by atoms with Gasteiger partial charge in [-0.15, -0.1) is 0 Å². The summed E-state index contributed by atoms with van der Waals surface area (Å²) < 4.78 is 10.9. The van der Waals surface area contributed by atoms with E-state index >= 15 is 0 Å². The van der Waals surface area contributed by atoms with E-state index in [-0.39, 0.29) is 18.6 Å². The normalized spacial score (nSPS) is 17.6. The number of carbonyl (C=O) groups is 1. The zero-order valence-electron chi connectivity index (χ0n) is 13.5. The lowest BCUT2D eigenvalue weighted by Gasteiger charge is -2.23. The number of aromatic nitrogens is 2. The maximum Gasteiger partial charge on any atom is 0.257 e. The molecule has 1 aromatic rings. The SMILES string of the molecule is CCN(CC)c1nccnc1OC1CCN(C(=O)COC)C1. The highest BCUT2D eigenvalue weighted by atomic mass is 16.5. The van der Waals surface area contributed by atoms with Crippen LogP contribution in [0, 0.1) is 0 Å². The van der Waals surface area contributed by atoms with Gasteiger partial charge in [0.2, 0.25) is 5.91 Å². The van der Waals surface area contributed by atoms with Gasteiger partial charge >= 0.3 is 0 Å². The minimum Gasteiger partial charge on any atom is -0.470 e. The number of methoxy groups -OCH3 is 1. The lowest BCUT2D eigenvalue weighted by atomic mass is 10.3. The molecule has 1 aromatic heterocycles. The highest BCUT2D eigenvalue weighted by Gasteiger charge is 2.28. The third-order valence-corrected chi connectivity index (χ3v) is 3.75. The molecule has 122 valence electrons. The van der Waals surface area contributed by atoms with E-state index in [9.17, 15) is 4.79 Å². The van der Waals surface area contributed by atoms with Crippen molar-refractivity contribution in [1.29, 1.82) is 0 Å². The number of likely N-dealkylation sites (tertiary alicyclic amines) is 1. The maximum absolute atomic E-state index is 11.8. The van der Waals surface area contributed by atoms with Crippen molar-refractivity contribution in [3.63, 3.8) is 0 Å². The van der Waals surface area contributed by atoms with Crippen LogP contribution >= 0.6 is 0 Å². The second kappa shape index (κ2) is 7.93. The van der Waals surface area contributed by atoms with Crippen LogP contribution in [0.3, 0.4) is 0 Å². The summed E-state index contributed by atoms with van der Waals surface area (Å²) >= 11 is 0. The first-order valence-electron chi connectivity index (χ1n) is 7.68. The van der Waals surface area contributed by atoms with Gasteiger partial charge in [0.15, 0.2) is 5.82 Å². The first-order chi connectivity index (χ1) is 10.7. The van der Waals surface area contributed by atoms with E-state index in [1.807, 2.05) is 0 Å². The molecule has 0 radical (unpaired) electrons. The molecule has 0 N–H and O–H groups in total. The van der Waals surface area contributed by atoms with Crippen molar-refractivity contribution in [3.05, 3.63) is 12.4 Å². The Morgan fingerprint density at radius 3 is 2.77 bits per heavy atom. The van der Waals surface area contributed by atoms with Crippen LogP contribution < -0.4 is 9.64 Å². The lowest BCUT2D eigenvalue weighted by molar-refractivity contribution is -0.134. The van der Waals surface area contributed by atoms with Gasteiger partial charge in [-0.05, 0) is 13.8 Å². The van der Waals surface area contributed by atoms with Crippen LogP contribution in [0.15, 0.2) is 12.4 Å². The number of anilines is 1. The van der Waals surface area contributed by atoms with Crippen molar-refractivity contribution in [2.75, 3.05) is 44.8 Å². The van der Waals surface area contributed by atoms with E-state index in [4.69, 9.17) is 9.47 Å². The topological polar surface area (TPSA) is 67.8 Å². The Labute approximate surface area is 131 Å². The molecule has 7 nitrogen and oxygen atoms in total. The molecule has 0 spiro atoms. The van der Waals surface area contributed by atoms with Crippen LogP contribution in [0.2, 0.25) is 0 Å². The number of carbonyl (C=O) groups excluding carboxylic acids is 1. The monoisotopic (exact) mass is 308 g/mol. The second-order valence-electron chi connectivity index (χ2n) is 5.16. The van der Waals surface area contributed by atoms with Gasteiger partial charge in [0.1, 0.15) is 12.7 Å². The van der Waals surface area contributed by atoms with E-state index in [1.54, 1.807) is 17.3 Å². The molecule has 7 heteroatoms. The zero-order valence-corrected chi connectivity index (χ0v) is 13.5. The number of hydrogen-bond donors (Lipinski definition) is 0. The summed E-state index contributed by atoms with van der Waals surface area (Å²) in [6.45, 7) is 7.20. The minimum atomic E-state index is -0.0492. The first-order valence-corrected chi connectivity index (χ1v) is 7.68. The largest absolute Gasteiger partial charge is 0.470 e. The van der Waals surface area contributed by atoms with Gasteiger partial charge in [0.05, 0.1) is 6.54 Å². The Kier molecular flexibility index (Phi) is 5.94. The van der Waals surface area contributed by atoms with Crippen molar-refractivity contribution in [1.82, 2.24) is 14.9 Å². The molecule has 1 atom stereocenters. The molecule has 22 heavy (non-hydrogen) atoms. The number of rotatable bonds is 7. The molecule has 0 bridgehead atoms. The van der Waals surface area contributed by atoms with Gasteiger partial charge in [-0.2, -0.15) is 0 Å². The molecule has 0 aromatic carbocycles. The predicted molar refractivity (Wildman–Crippen MR) is 83.1 cm³/mol. The van der Waals surface area contributed by atoms with E-state index < -0.39 is 0 Å².